The second-order valence-electron chi connectivity index (χ2n) is 5.32. The summed E-state index contributed by atoms with van der Waals surface area (Å²) < 4.78 is 4.80. The molecule has 1 fully saturated rings. The van der Waals surface area contributed by atoms with Gasteiger partial charge in [-0.05, 0) is 37.8 Å². The molecule has 2 aromatic heterocycles. The minimum Gasteiger partial charge on any atom is -0.430 e. The summed E-state index contributed by atoms with van der Waals surface area (Å²) in [5.41, 5.74) is 1.99. The Morgan fingerprint density at radius 3 is 2.95 bits per heavy atom. The summed E-state index contributed by atoms with van der Waals surface area (Å²) in [6.45, 7) is 2.68. The smallest absolute Gasteiger partial charge is 0.335 e. The quantitative estimate of drug-likeness (QED) is 0.916. The average molecular weight is 287 g/mol. The zero-order chi connectivity index (χ0) is 14.8. The molecule has 3 rings (SSSR count). The summed E-state index contributed by atoms with van der Waals surface area (Å²) >= 11 is 0. The average Bonchev–Trinajstić information content (AvgIpc) is 2.93. The van der Waals surface area contributed by atoms with Crippen LogP contribution in [-0.2, 0) is 0 Å². The maximum Gasteiger partial charge on any atom is 0.335 e. The van der Waals surface area contributed by atoms with Gasteiger partial charge in [-0.3, -0.25) is 9.89 Å². The third-order valence-corrected chi connectivity index (χ3v) is 3.91. The van der Waals surface area contributed by atoms with Crippen LogP contribution in [0.3, 0.4) is 0 Å². The molecule has 6 nitrogen and oxygen atoms in total. The van der Waals surface area contributed by atoms with E-state index >= 15 is 0 Å². The van der Waals surface area contributed by atoms with Crippen LogP contribution in [0, 0.1) is 6.92 Å². The molecule has 0 radical (unpaired) electrons. The van der Waals surface area contributed by atoms with Crippen molar-refractivity contribution in [2.24, 2.45) is 0 Å². The molecule has 6 heteroatoms. The molecule has 0 bridgehead atoms. The van der Waals surface area contributed by atoms with E-state index in [1.54, 1.807) is 6.20 Å². The van der Waals surface area contributed by atoms with Crippen LogP contribution in [0.5, 0.6) is 0 Å². The maximum absolute atomic E-state index is 12.7. The summed E-state index contributed by atoms with van der Waals surface area (Å²) in [7, 11) is 0. The molecule has 0 unspecified atom stereocenters. The van der Waals surface area contributed by atoms with Crippen molar-refractivity contribution in [3.8, 4) is 0 Å². The first kappa shape index (κ1) is 13.6. The Hall–Kier alpha value is -2.37. The molecule has 1 atom stereocenters. The normalized spacial score (nSPS) is 18.7. The number of nitrogens with one attached hydrogen (secondary N) is 1. The number of aromatic amines is 1. The van der Waals surface area contributed by atoms with Crippen LogP contribution in [0.1, 0.15) is 46.9 Å². The van der Waals surface area contributed by atoms with Gasteiger partial charge in [0.1, 0.15) is 6.26 Å². The number of aromatic nitrogens is 2. The highest BCUT2D eigenvalue weighted by atomic mass is 16.4. The van der Waals surface area contributed by atoms with E-state index < -0.39 is 5.63 Å². The van der Waals surface area contributed by atoms with Crippen molar-refractivity contribution in [3.05, 3.63) is 51.8 Å². The molecule has 2 aromatic rings. The zero-order valence-corrected chi connectivity index (χ0v) is 11.8. The van der Waals surface area contributed by atoms with Gasteiger partial charge in [0, 0.05) is 12.6 Å². The van der Waals surface area contributed by atoms with E-state index in [0.717, 1.165) is 30.5 Å². The fraction of sp³-hybridized carbons (Fsp3) is 0.400. The van der Waals surface area contributed by atoms with Crippen LogP contribution in [0.2, 0.25) is 0 Å². The van der Waals surface area contributed by atoms with E-state index in [1.807, 2.05) is 11.8 Å². The largest absolute Gasteiger partial charge is 0.430 e. The van der Waals surface area contributed by atoms with E-state index in [-0.39, 0.29) is 11.9 Å². The number of rotatable bonds is 2. The van der Waals surface area contributed by atoms with Crippen LogP contribution in [-0.4, -0.2) is 27.5 Å². The third kappa shape index (κ3) is 2.61. The molecule has 3 heterocycles. The van der Waals surface area contributed by atoms with E-state index in [1.165, 1.54) is 18.4 Å². The summed E-state index contributed by atoms with van der Waals surface area (Å²) in [4.78, 5) is 25.5. The number of H-pyrrole nitrogens is 1. The van der Waals surface area contributed by atoms with Gasteiger partial charge in [-0.25, -0.2) is 4.79 Å². The van der Waals surface area contributed by atoms with Crippen LogP contribution in [0.4, 0.5) is 0 Å². The summed E-state index contributed by atoms with van der Waals surface area (Å²) in [5.74, 6) is -0.113. The highest BCUT2D eigenvalue weighted by molar-refractivity contribution is 5.94. The van der Waals surface area contributed by atoms with Gasteiger partial charge in [-0.1, -0.05) is 0 Å². The molecule has 110 valence electrons. The standard InChI is InChI=1S/C15H17N3O3/c1-10-8-16-17-14(10)12-4-2-3-7-18(12)15(20)11-5-6-13(19)21-9-11/h5-6,8-9,12H,2-4,7H2,1H3,(H,16,17)/t12-/m0/s1. The molecule has 0 spiro atoms. The lowest BCUT2D eigenvalue weighted by molar-refractivity contribution is 0.0602. The van der Waals surface area contributed by atoms with Crippen LogP contribution in [0.15, 0.2) is 33.8 Å². The summed E-state index contributed by atoms with van der Waals surface area (Å²) in [6, 6.07) is 2.79. The first-order valence-corrected chi connectivity index (χ1v) is 7.06. The Bertz CT molecular complexity index is 684. The van der Waals surface area contributed by atoms with Gasteiger partial charge in [-0.15, -0.1) is 0 Å². The number of nitrogens with zero attached hydrogens (tertiary/aromatic N) is 2. The van der Waals surface area contributed by atoms with Crippen molar-refractivity contribution < 1.29 is 9.21 Å². The van der Waals surface area contributed by atoms with Gasteiger partial charge in [0.25, 0.3) is 5.91 Å². The van der Waals surface area contributed by atoms with Gasteiger partial charge < -0.3 is 9.32 Å². The Balaban J connectivity index is 1.91. The van der Waals surface area contributed by atoms with E-state index in [2.05, 4.69) is 10.2 Å². The number of carbonyl (C=O) groups excluding carboxylic acids is 1. The third-order valence-electron chi connectivity index (χ3n) is 3.91. The van der Waals surface area contributed by atoms with Crippen molar-refractivity contribution in [2.75, 3.05) is 6.54 Å². The minimum absolute atomic E-state index is 0.000628. The molecule has 1 aliphatic heterocycles. The SMILES string of the molecule is Cc1cn[nH]c1[C@@H]1CCCCN1C(=O)c1ccc(=O)oc1. The fourth-order valence-electron chi connectivity index (χ4n) is 2.81. The highest BCUT2D eigenvalue weighted by Gasteiger charge is 2.30. The number of likely N-dealkylation sites (tertiary alicyclic amines) is 1. The Kier molecular flexibility index (Phi) is 3.60. The van der Waals surface area contributed by atoms with Gasteiger partial charge in [-0.2, -0.15) is 5.10 Å². The molecular formula is C15H17N3O3. The lowest BCUT2D eigenvalue weighted by atomic mass is 9.96. The summed E-state index contributed by atoms with van der Waals surface area (Å²) in [5, 5.41) is 7.06. The van der Waals surface area contributed by atoms with Gasteiger partial charge in [0.15, 0.2) is 0 Å². The maximum atomic E-state index is 12.7. The molecule has 21 heavy (non-hydrogen) atoms. The number of hydrogen-bond acceptors (Lipinski definition) is 4. The fourth-order valence-corrected chi connectivity index (χ4v) is 2.81. The molecule has 1 saturated heterocycles. The van der Waals surface area contributed by atoms with E-state index in [9.17, 15) is 9.59 Å². The molecule has 0 aliphatic carbocycles. The lowest BCUT2D eigenvalue weighted by Gasteiger charge is -2.35. The summed E-state index contributed by atoms with van der Waals surface area (Å²) in [6.07, 6.45) is 5.97. The molecule has 1 N–H and O–H groups in total. The number of hydrogen-bond donors (Lipinski definition) is 1. The highest BCUT2D eigenvalue weighted by Crippen LogP contribution is 2.32. The lowest BCUT2D eigenvalue weighted by Crippen LogP contribution is -2.39. The van der Waals surface area contributed by atoms with E-state index in [4.69, 9.17) is 4.42 Å². The number of piperidine rings is 1. The monoisotopic (exact) mass is 287 g/mol. The first-order valence-electron chi connectivity index (χ1n) is 7.06. The van der Waals surface area contributed by atoms with Crippen molar-refractivity contribution in [2.45, 2.75) is 32.2 Å². The Labute approximate surface area is 121 Å². The van der Waals surface area contributed by atoms with Crippen molar-refractivity contribution in [3.63, 3.8) is 0 Å². The Morgan fingerprint density at radius 1 is 1.43 bits per heavy atom. The number of aryl methyl sites for hydroxylation is 1. The van der Waals surface area contributed by atoms with Gasteiger partial charge in [0.05, 0.1) is 23.5 Å². The predicted molar refractivity (Wildman–Crippen MR) is 75.9 cm³/mol. The Morgan fingerprint density at radius 2 is 2.29 bits per heavy atom. The van der Waals surface area contributed by atoms with Crippen molar-refractivity contribution >= 4 is 5.91 Å². The number of carbonyl (C=O) groups is 1. The molecular weight excluding hydrogens is 270 g/mol. The van der Waals surface area contributed by atoms with Crippen molar-refractivity contribution in [1.82, 2.24) is 15.1 Å². The molecule has 0 saturated carbocycles. The van der Waals surface area contributed by atoms with Gasteiger partial charge in [0.2, 0.25) is 0 Å². The van der Waals surface area contributed by atoms with Crippen LogP contribution in [0.25, 0.3) is 0 Å². The van der Waals surface area contributed by atoms with Crippen LogP contribution < -0.4 is 5.63 Å². The second-order valence-corrected chi connectivity index (χ2v) is 5.32. The molecule has 1 amide bonds. The predicted octanol–water partition coefficient (Wildman–Crippen LogP) is 2.04. The van der Waals surface area contributed by atoms with Crippen molar-refractivity contribution in [1.29, 1.82) is 0 Å². The first-order chi connectivity index (χ1) is 10.2. The number of amides is 1. The molecule has 0 aromatic carbocycles. The topological polar surface area (TPSA) is 79.2 Å². The van der Waals surface area contributed by atoms with Gasteiger partial charge >= 0.3 is 5.63 Å². The zero-order valence-electron chi connectivity index (χ0n) is 11.8. The van der Waals surface area contributed by atoms with E-state index in [0.29, 0.717) is 12.1 Å². The van der Waals surface area contributed by atoms with Crippen LogP contribution >= 0.6 is 0 Å². The minimum atomic E-state index is -0.453. The molecule has 1 aliphatic rings. The second kappa shape index (κ2) is 5.55.